The Bertz CT molecular complexity index is 1640. The Morgan fingerprint density at radius 1 is 0.816 bits per heavy atom. The second kappa shape index (κ2) is 10.1. The molecule has 1 aliphatic heterocycles. The van der Waals surface area contributed by atoms with Gasteiger partial charge in [0.15, 0.2) is 0 Å². The summed E-state index contributed by atoms with van der Waals surface area (Å²) < 4.78 is 0. The minimum atomic E-state index is -0.195. The Morgan fingerprint density at radius 3 is 2.29 bits per heavy atom. The maximum Gasteiger partial charge on any atom is 0.258 e. The van der Waals surface area contributed by atoms with Crippen molar-refractivity contribution in [1.82, 2.24) is 4.98 Å². The zero-order valence-corrected chi connectivity index (χ0v) is 21.7. The van der Waals surface area contributed by atoms with E-state index in [2.05, 4.69) is 5.32 Å². The monoisotopic (exact) mass is 515 g/mol. The van der Waals surface area contributed by atoms with E-state index in [0.29, 0.717) is 23.4 Å². The number of rotatable bonds is 4. The highest BCUT2D eigenvalue weighted by Gasteiger charge is 2.27. The van der Waals surface area contributed by atoms with Crippen LogP contribution >= 0.6 is 11.3 Å². The molecule has 4 aromatic carbocycles. The van der Waals surface area contributed by atoms with Crippen LogP contribution in [0, 0.1) is 6.92 Å². The van der Waals surface area contributed by atoms with E-state index in [-0.39, 0.29) is 11.8 Å². The number of carbonyl (C=O) groups is 2. The van der Waals surface area contributed by atoms with Crippen molar-refractivity contribution < 1.29 is 9.59 Å². The first kappa shape index (κ1) is 23.8. The van der Waals surface area contributed by atoms with Crippen molar-refractivity contribution in [2.75, 3.05) is 16.8 Å². The average molecular weight is 516 g/mol. The number of benzene rings is 4. The molecule has 1 aromatic heterocycles. The molecule has 0 atom stereocenters. The number of fused-ring (bicyclic) bond motifs is 3. The summed E-state index contributed by atoms with van der Waals surface area (Å²) in [4.78, 5) is 34.6. The van der Waals surface area contributed by atoms with E-state index >= 15 is 0 Å². The van der Waals surface area contributed by atoms with Gasteiger partial charge in [-0.1, -0.05) is 66.7 Å². The maximum absolute atomic E-state index is 13.6. The lowest BCUT2D eigenvalue weighted by atomic mass is 9.99. The molecule has 0 aliphatic carbocycles. The summed E-state index contributed by atoms with van der Waals surface area (Å²) in [5.74, 6) is -0.268. The second-order valence-corrected chi connectivity index (χ2v) is 10.5. The molecule has 0 unspecified atom stereocenters. The van der Waals surface area contributed by atoms with Crippen molar-refractivity contribution >= 4 is 34.5 Å². The predicted octanol–water partition coefficient (Wildman–Crippen LogP) is 7.24. The van der Waals surface area contributed by atoms with Gasteiger partial charge in [-0.05, 0) is 54.4 Å². The van der Waals surface area contributed by atoms with Crippen LogP contribution in [0.3, 0.4) is 0 Å². The molecule has 1 N–H and O–H groups in total. The number of para-hydroxylation sites is 1. The Kier molecular flexibility index (Phi) is 6.32. The normalized spacial score (nSPS) is 12.3. The largest absolute Gasteiger partial charge is 0.322 e. The number of aromatic nitrogens is 1. The SMILES string of the molecule is Cc1nc2c(s1)CCN(C(=O)c1ccc(NC(=O)c3ccccc3-c3ccccc3)cc1)c1ccccc1-2. The first-order valence-electron chi connectivity index (χ1n) is 12.5. The van der Waals surface area contributed by atoms with Gasteiger partial charge in [-0.15, -0.1) is 11.3 Å². The topological polar surface area (TPSA) is 62.3 Å². The van der Waals surface area contributed by atoms with E-state index in [1.165, 1.54) is 4.88 Å². The van der Waals surface area contributed by atoms with Crippen LogP contribution in [0.1, 0.15) is 30.6 Å². The molecule has 6 heteroatoms. The molecule has 0 bridgehead atoms. The first-order chi connectivity index (χ1) is 18.6. The number of anilines is 2. The van der Waals surface area contributed by atoms with Gasteiger partial charge in [-0.25, -0.2) is 4.98 Å². The molecule has 0 saturated carbocycles. The zero-order chi connectivity index (χ0) is 26.1. The maximum atomic E-state index is 13.6. The van der Waals surface area contributed by atoms with Crippen LogP contribution in [-0.4, -0.2) is 23.3 Å². The number of thiazole rings is 1. The molecule has 186 valence electrons. The molecular formula is C32H25N3O2S. The average Bonchev–Trinajstić information content (AvgIpc) is 3.27. The fourth-order valence-electron chi connectivity index (χ4n) is 4.90. The molecule has 5 nitrogen and oxygen atoms in total. The Morgan fingerprint density at radius 2 is 1.50 bits per heavy atom. The van der Waals surface area contributed by atoms with Gasteiger partial charge in [0.05, 0.1) is 16.4 Å². The molecule has 1 aliphatic rings. The van der Waals surface area contributed by atoms with Gasteiger partial charge < -0.3 is 10.2 Å². The van der Waals surface area contributed by atoms with Gasteiger partial charge in [0, 0.05) is 40.2 Å². The van der Waals surface area contributed by atoms with Crippen LogP contribution in [0.15, 0.2) is 103 Å². The van der Waals surface area contributed by atoms with Crippen molar-refractivity contribution in [2.24, 2.45) is 0 Å². The van der Waals surface area contributed by atoms with Crippen LogP contribution in [0.25, 0.3) is 22.4 Å². The fraction of sp³-hybridized carbons (Fsp3) is 0.0938. The lowest BCUT2D eigenvalue weighted by Gasteiger charge is -2.23. The van der Waals surface area contributed by atoms with Crippen molar-refractivity contribution in [3.63, 3.8) is 0 Å². The third kappa shape index (κ3) is 4.51. The summed E-state index contributed by atoms with van der Waals surface area (Å²) in [6, 6.07) is 32.5. The molecule has 38 heavy (non-hydrogen) atoms. The number of hydrogen-bond acceptors (Lipinski definition) is 4. The van der Waals surface area contributed by atoms with Gasteiger partial charge in [0.25, 0.3) is 11.8 Å². The van der Waals surface area contributed by atoms with Crippen LogP contribution in [-0.2, 0) is 6.42 Å². The lowest BCUT2D eigenvalue weighted by molar-refractivity contribution is 0.0986. The molecule has 6 rings (SSSR count). The molecule has 2 heterocycles. The van der Waals surface area contributed by atoms with E-state index in [0.717, 1.165) is 39.5 Å². The molecule has 0 spiro atoms. The molecule has 2 amide bonds. The number of aryl methyl sites for hydroxylation is 1. The number of carbonyl (C=O) groups excluding carboxylic acids is 2. The van der Waals surface area contributed by atoms with E-state index in [1.54, 1.807) is 35.6 Å². The van der Waals surface area contributed by atoms with E-state index in [4.69, 9.17) is 4.98 Å². The van der Waals surface area contributed by atoms with Gasteiger partial charge in [-0.3, -0.25) is 9.59 Å². The second-order valence-electron chi connectivity index (χ2n) is 9.17. The smallest absolute Gasteiger partial charge is 0.258 e. The number of nitrogens with zero attached hydrogens (tertiary/aromatic N) is 2. The fourth-order valence-corrected chi connectivity index (χ4v) is 5.84. The third-order valence-corrected chi connectivity index (χ3v) is 7.74. The minimum Gasteiger partial charge on any atom is -0.322 e. The molecule has 0 fully saturated rings. The van der Waals surface area contributed by atoms with Crippen LogP contribution in [0.4, 0.5) is 11.4 Å². The Hall–Kier alpha value is -4.55. The summed E-state index contributed by atoms with van der Waals surface area (Å²) in [5.41, 5.74) is 6.48. The standard InChI is InChI=1S/C32H25N3O2S/c1-21-33-30-27-13-7-8-14-28(27)35(20-19-29(30)38-21)32(37)23-15-17-24(18-16-23)34-31(36)26-12-6-5-11-25(26)22-9-3-2-4-10-22/h2-18H,19-20H2,1H3,(H,34,36). The quantitative estimate of drug-likeness (QED) is 0.274. The van der Waals surface area contributed by atoms with Crippen LogP contribution in [0.5, 0.6) is 0 Å². The summed E-state index contributed by atoms with van der Waals surface area (Å²) in [7, 11) is 0. The van der Waals surface area contributed by atoms with E-state index in [1.807, 2.05) is 90.7 Å². The number of amides is 2. The third-order valence-electron chi connectivity index (χ3n) is 6.71. The summed E-state index contributed by atoms with van der Waals surface area (Å²) in [5, 5.41) is 4.02. The summed E-state index contributed by atoms with van der Waals surface area (Å²) in [6.45, 7) is 2.60. The number of hydrogen-bond donors (Lipinski definition) is 1. The lowest BCUT2D eigenvalue weighted by Crippen LogP contribution is -2.32. The molecular weight excluding hydrogens is 490 g/mol. The minimum absolute atomic E-state index is 0.0726. The van der Waals surface area contributed by atoms with Gasteiger partial charge in [0.1, 0.15) is 0 Å². The van der Waals surface area contributed by atoms with E-state index in [9.17, 15) is 9.59 Å². The predicted molar refractivity (Wildman–Crippen MR) is 154 cm³/mol. The first-order valence-corrected chi connectivity index (χ1v) is 13.3. The molecule has 0 radical (unpaired) electrons. The van der Waals surface area contributed by atoms with Crippen molar-refractivity contribution in [2.45, 2.75) is 13.3 Å². The van der Waals surface area contributed by atoms with Crippen molar-refractivity contribution in [3.8, 4) is 22.4 Å². The Balaban J connectivity index is 1.23. The van der Waals surface area contributed by atoms with Gasteiger partial charge in [0.2, 0.25) is 0 Å². The van der Waals surface area contributed by atoms with Crippen LogP contribution in [0.2, 0.25) is 0 Å². The van der Waals surface area contributed by atoms with Gasteiger partial charge in [-0.2, -0.15) is 0 Å². The summed E-state index contributed by atoms with van der Waals surface area (Å²) in [6.07, 6.45) is 0.760. The Labute approximate surface area is 225 Å². The van der Waals surface area contributed by atoms with E-state index < -0.39 is 0 Å². The molecule has 5 aromatic rings. The van der Waals surface area contributed by atoms with Gasteiger partial charge >= 0.3 is 0 Å². The van der Waals surface area contributed by atoms with Crippen molar-refractivity contribution in [3.05, 3.63) is 124 Å². The highest BCUT2D eigenvalue weighted by atomic mass is 32.1. The van der Waals surface area contributed by atoms with Crippen molar-refractivity contribution in [1.29, 1.82) is 0 Å². The highest BCUT2D eigenvalue weighted by molar-refractivity contribution is 7.12. The zero-order valence-electron chi connectivity index (χ0n) is 20.8. The summed E-state index contributed by atoms with van der Waals surface area (Å²) >= 11 is 1.69. The number of nitrogens with one attached hydrogen (secondary N) is 1. The molecule has 0 saturated heterocycles. The van der Waals surface area contributed by atoms with Crippen LogP contribution < -0.4 is 10.2 Å². The highest BCUT2D eigenvalue weighted by Crippen LogP contribution is 2.38.